The lowest BCUT2D eigenvalue weighted by atomic mass is 9.97. The molecule has 1 aliphatic rings. The number of benzene rings is 4. The number of rotatable bonds is 0. The monoisotopic (exact) mass is 286 g/mol. The fourth-order valence-corrected chi connectivity index (χ4v) is 3.75. The Hall–Kier alpha value is -2.31. The lowest BCUT2D eigenvalue weighted by molar-refractivity contribution is 1.69. The molecule has 1 heteroatoms. The maximum atomic E-state index is 6.21. The Morgan fingerprint density at radius 2 is 1.43 bits per heavy atom. The molecular formula is C20H11Cl. The van der Waals surface area contributed by atoms with Crippen LogP contribution in [0, 0.1) is 0 Å². The first-order chi connectivity index (χ1) is 10.3. The van der Waals surface area contributed by atoms with Crippen LogP contribution in [0.3, 0.4) is 0 Å². The number of halogens is 1. The molecule has 0 atom stereocenters. The maximum absolute atomic E-state index is 6.21. The van der Waals surface area contributed by atoms with E-state index < -0.39 is 0 Å². The average Bonchev–Trinajstić information content (AvgIpc) is 2.83. The van der Waals surface area contributed by atoms with Gasteiger partial charge in [0.25, 0.3) is 0 Å². The maximum Gasteiger partial charge on any atom is 0.0412 e. The Bertz CT molecular complexity index is 1040. The lowest BCUT2D eigenvalue weighted by Gasteiger charge is -2.07. The molecule has 0 bridgehead atoms. The Morgan fingerprint density at radius 1 is 0.571 bits per heavy atom. The van der Waals surface area contributed by atoms with Gasteiger partial charge in [-0.2, -0.15) is 0 Å². The molecule has 0 N–H and O–H groups in total. The molecule has 98 valence electrons. The third-order valence-corrected chi connectivity index (χ3v) is 4.68. The smallest absolute Gasteiger partial charge is 0.0412 e. The summed E-state index contributed by atoms with van der Waals surface area (Å²) >= 11 is 6.21. The molecule has 0 aliphatic heterocycles. The van der Waals surface area contributed by atoms with E-state index in [-0.39, 0.29) is 0 Å². The molecule has 4 aromatic rings. The number of hydrogen-bond acceptors (Lipinski definition) is 0. The summed E-state index contributed by atoms with van der Waals surface area (Å²) in [6.07, 6.45) is 0. The normalized spacial score (nSPS) is 12.0. The molecule has 0 amide bonds. The van der Waals surface area contributed by atoms with Crippen LogP contribution in [0.2, 0.25) is 5.02 Å². The molecule has 0 aromatic heterocycles. The van der Waals surface area contributed by atoms with Gasteiger partial charge in [-0.25, -0.2) is 0 Å². The zero-order chi connectivity index (χ0) is 14.0. The van der Waals surface area contributed by atoms with E-state index in [4.69, 9.17) is 11.6 Å². The summed E-state index contributed by atoms with van der Waals surface area (Å²) in [6, 6.07) is 23.7. The van der Waals surface area contributed by atoms with Crippen molar-refractivity contribution in [1.29, 1.82) is 0 Å². The van der Waals surface area contributed by atoms with Crippen molar-refractivity contribution in [3.05, 3.63) is 71.8 Å². The fraction of sp³-hybridized carbons (Fsp3) is 0. The highest BCUT2D eigenvalue weighted by molar-refractivity contribution is 6.32. The van der Waals surface area contributed by atoms with Gasteiger partial charge in [-0.1, -0.05) is 60.1 Å². The van der Waals surface area contributed by atoms with Crippen molar-refractivity contribution in [2.24, 2.45) is 0 Å². The zero-order valence-corrected chi connectivity index (χ0v) is 12.0. The molecule has 0 saturated carbocycles. The van der Waals surface area contributed by atoms with Crippen LogP contribution in [0.25, 0.3) is 43.8 Å². The standard InChI is InChI=1S/C20H11Cl/c21-13-8-9-15-18(11-13)17-7-3-6-16-14-5-2-1-4-12(14)10-19(15)20(16)17/h1-11H. The minimum atomic E-state index is 0.795. The quantitative estimate of drug-likeness (QED) is 0.293. The van der Waals surface area contributed by atoms with E-state index in [2.05, 4.69) is 60.7 Å². The van der Waals surface area contributed by atoms with Gasteiger partial charge in [-0.15, -0.1) is 0 Å². The van der Waals surface area contributed by atoms with E-state index in [1.807, 2.05) is 6.07 Å². The van der Waals surface area contributed by atoms with Gasteiger partial charge in [0.1, 0.15) is 0 Å². The second kappa shape index (κ2) is 3.87. The van der Waals surface area contributed by atoms with E-state index in [0.717, 1.165) is 5.02 Å². The molecule has 1 aliphatic carbocycles. The molecule has 0 radical (unpaired) electrons. The molecule has 0 nitrogen and oxygen atoms in total. The zero-order valence-electron chi connectivity index (χ0n) is 11.2. The van der Waals surface area contributed by atoms with E-state index in [1.54, 1.807) is 0 Å². The first-order valence-corrected chi connectivity index (χ1v) is 7.45. The van der Waals surface area contributed by atoms with Gasteiger partial charge >= 0.3 is 0 Å². The molecule has 5 rings (SSSR count). The highest BCUT2D eigenvalue weighted by Gasteiger charge is 2.22. The fourth-order valence-electron chi connectivity index (χ4n) is 3.57. The predicted molar refractivity (Wildman–Crippen MR) is 90.9 cm³/mol. The van der Waals surface area contributed by atoms with Crippen LogP contribution >= 0.6 is 11.6 Å². The summed E-state index contributed by atoms with van der Waals surface area (Å²) in [5, 5.41) is 6.08. The topological polar surface area (TPSA) is 0 Å². The van der Waals surface area contributed by atoms with Crippen LogP contribution in [0.4, 0.5) is 0 Å². The Labute approximate surface area is 127 Å². The first kappa shape index (κ1) is 11.4. The summed E-state index contributed by atoms with van der Waals surface area (Å²) in [5.74, 6) is 0. The van der Waals surface area contributed by atoms with E-state index in [0.29, 0.717) is 0 Å². The van der Waals surface area contributed by atoms with Gasteiger partial charge in [-0.05, 0) is 62.0 Å². The van der Waals surface area contributed by atoms with Crippen molar-refractivity contribution >= 4 is 33.1 Å². The average molecular weight is 287 g/mol. The molecule has 0 fully saturated rings. The minimum Gasteiger partial charge on any atom is -0.0843 e. The lowest BCUT2D eigenvalue weighted by Crippen LogP contribution is -1.79. The van der Waals surface area contributed by atoms with E-state index >= 15 is 0 Å². The van der Waals surface area contributed by atoms with Crippen LogP contribution in [0.5, 0.6) is 0 Å². The highest BCUT2D eigenvalue weighted by Crippen LogP contribution is 2.49. The second-order valence-electron chi connectivity index (χ2n) is 5.56. The molecular weight excluding hydrogens is 276 g/mol. The van der Waals surface area contributed by atoms with Crippen molar-refractivity contribution in [2.75, 3.05) is 0 Å². The van der Waals surface area contributed by atoms with Gasteiger partial charge in [0.2, 0.25) is 0 Å². The molecule has 4 aromatic carbocycles. The van der Waals surface area contributed by atoms with Crippen molar-refractivity contribution in [3.63, 3.8) is 0 Å². The Balaban J connectivity index is 2.08. The van der Waals surface area contributed by atoms with Gasteiger partial charge in [0, 0.05) is 5.02 Å². The summed E-state index contributed by atoms with van der Waals surface area (Å²) in [4.78, 5) is 0. The summed E-state index contributed by atoms with van der Waals surface area (Å²) in [5.41, 5.74) is 5.16. The minimum absolute atomic E-state index is 0.795. The Kier molecular flexibility index (Phi) is 2.09. The van der Waals surface area contributed by atoms with Crippen molar-refractivity contribution in [3.8, 4) is 22.3 Å². The molecule has 0 saturated heterocycles. The summed E-state index contributed by atoms with van der Waals surface area (Å²) < 4.78 is 0. The molecule has 21 heavy (non-hydrogen) atoms. The third-order valence-electron chi connectivity index (χ3n) is 4.45. The van der Waals surface area contributed by atoms with Gasteiger partial charge < -0.3 is 0 Å². The largest absolute Gasteiger partial charge is 0.0843 e. The van der Waals surface area contributed by atoms with Crippen molar-refractivity contribution in [1.82, 2.24) is 0 Å². The van der Waals surface area contributed by atoms with Gasteiger partial charge in [0.05, 0.1) is 0 Å². The van der Waals surface area contributed by atoms with Crippen LogP contribution < -0.4 is 0 Å². The number of hydrogen-bond donors (Lipinski definition) is 0. The van der Waals surface area contributed by atoms with Crippen LogP contribution in [-0.2, 0) is 0 Å². The van der Waals surface area contributed by atoms with Crippen molar-refractivity contribution < 1.29 is 0 Å². The highest BCUT2D eigenvalue weighted by atomic mass is 35.5. The van der Waals surface area contributed by atoms with E-state index in [1.165, 1.54) is 43.8 Å². The number of fused-ring (bicyclic) bond motifs is 5. The predicted octanol–water partition coefficient (Wildman–Crippen LogP) is 6.29. The molecule has 0 heterocycles. The Morgan fingerprint density at radius 3 is 2.38 bits per heavy atom. The molecule has 0 spiro atoms. The second-order valence-corrected chi connectivity index (χ2v) is 6.00. The SMILES string of the molecule is Clc1ccc2c(c1)-c1cccc3c1c-2cc1ccccc13. The summed E-state index contributed by atoms with van der Waals surface area (Å²) in [7, 11) is 0. The summed E-state index contributed by atoms with van der Waals surface area (Å²) in [6.45, 7) is 0. The third kappa shape index (κ3) is 1.40. The van der Waals surface area contributed by atoms with Crippen molar-refractivity contribution in [2.45, 2.75) is 0 Å². The molecule has 0 unspecified atom stereocenters. The van der Waals surface area contributed by atoms with Crippen LogP contribution in [0.1, 0.15) is 0 Å². The van der Waals surface area contributed by atoms with Gasteiger partial charge in [0.15, 0.2) is 0 Å². The van der Waals surface area contributed by atoms with Crippen LogP contribution in [0.15, 0.2) is 66.7 Å². The van der Waals surface area contributed by atoms with Crippen LogP contribution in [-0.4, -0.2) is 0 Å². The van der Waals surface area contributed by atoms with Gasteiger partial charge in [-0.3, -0.25) is 0 Å². The first-order valence-electron chi connectivity index (χ1n) is 7.08. The van der Waals surface area contributed by atoms with E-state index in [9.17, 15) is 0 Å².